The number of nitrogens with one attached hydrogen (secondary N) is 1. The van der Waals surface area contributed by atoms with Gasteiger partial charge in [-0.25, -0.2) is 0 Å². The van der Waals surface area contributed by atoms with E-state index in [0.717, 1.165) is 12.0 Å². The molecule has 1 heterocycles. The highest BCUT2D eigenvalue weighted by molar-refractivity contribution is 5.20. The SMILES string of the molecule is CN1CCCCC(CNC2CC2)C1c1ccccc1. The summed E-state index contributed by atoms with van der Waals surface area (Å²) in [5, 5.41) is 3.75. The minimum atomic E-state index is 0.593. The van der Waals surface area contributed by atoms with Crippen LogP contribution in [-0.2, 0) is 0 Å². The second-order valence-corrected chi connectivity index (χ2v) is 6.27. The Balaban J connectivity index is 1.75. The number of hydrogen-bond acceptors (Lipinski definition) is 2. The van der Waals surface area contributed by atoms with E-state index in [1.165, 1.54) is 50.8 Å². The lowest BCUT2D eigenvalue weighted by Gasteiger charge is -2.33. The van der Waals surface area contributed by atoms with Crippen LogP contribution in [-0.4, -0.2) is 31.1 Å². The fraction of sp³-hybridized carbons (Fsp3) is 0.647. The third-order valence-electron chi connectivity index (χ3n) is 4.64. The van der Waals surface area contributed by atoms with Gasteiger partial charge in [0.2, 0.25) is 0 Å². The predicted octanol–water partition coefficient (Wildman–Crippen LogP) is 3.21. The molecule has 2 nitrogen and oxygen atoms in total. The molecule has 2 aliphatic rings. The molecule has 1 aromatic carbocycles. The molecule has 0 bridgehead atoms. The zero-order valence-corrected chi connectivity index (χ0v) is 12.0. The first kappa shape index (κ1) is 13.1. The summed E-state index contributed by atoms with van der Waals surface area (Å²) in [6.07, 6.45) is 6.87. The van der Waals surface area contributed by atoms with Crippen molar-refractivity contribution in [2.75, 3.05) is 20.1 Å². The lowest BCUT2D eigenvalue weighted by Crippen LogP contribution is -2.35. The van der Waals surface area contributed by atoms with E-state index < -0.39 is 0 Å². The summed E-state index contributed by atoms with van der Waals surface area (Å²) in [4.78, 5) is 2.57. The highest BCUT2D eigenvalue weighted by atomic mass is 15.1. The second kappa shape index (κ2) is 6.06. The van der Waals surface area contributed by atoms with Crippen molar-refractivity contribution in [3.63, 3.8) is 0 Å². The topological polar surface area (TPSA) is 15.3 Å². The van der Waals surface area contributed by atoms with Crippen molar-refractivity contribution in [1.82, 2.24) is 10.2 Å². The van der Waals surface area contributed by atoms with E-state index in [2.05, 4.69) is 47.6 Å². The van der Waals surface area contributed by atoms with E-state index in [9.17, 15) is 0 Å². The molecule has 0 spiro atoms. The molecular formula is C17H26N2. The van der Waals surface area contributed by atoms with Crippen molar-refractivity contribution in [2.24, 2.45) is 5.92 Å². The van der Waals surface area contributed by atoms with Crippen molar-refractivity contribution >= 4 is 0 Å². The van der Waals surface area contributed by atoms with Crippen LogP contribution in [0, 0.1) is 5.92 Å². The van der Waals surface area contributed by atoms with Crippen LogP contribution in [0.15, 0.2) is 30.3 Å². The molecular weight excluding hydrogens is 232 g/mol. The minimum Gasteiger partial charge on any atom is -0.314 e. The van der Waals surface area contributed by atoms with Crippen molar-refractivity contribution in [3.05, 3.63) is 35.9 Å². The van der Waals surface area contributed by atoms with Gasteiger partial charge in [0.05, 0.1) is 0 Å². The molecule has 0 radical (unpaired) electrons. The summed E-state index contributed by atoms with van der Waals surface area (Å²) < 4.78 is 0. The Kier molecular flexibility index (Phi) is 4.19. The zero-order chi connectivity index (χ0) is 13.1. The smallest absolute Gasteiger partial charge is 0.0385 e. The maximum absolute atomic E-state index is 3.75. The van der Waals surface area contributed by atoms with Gasteiger partial charge >= 0.3 is 0 Å². The van der Waals surface area contributed by atoms with E-state index in [1.54, 1.807) is 0 Å². The van der Waals surface area contributed by atoms with Crippen molar-refractivity contribution in [2.45, 2.75) is 44.2 Å². The van der Waals surface area contributed by atoms with Gasteiger partial charge in [0.1, 0.15) is 0 Å². The van der Waals surface area contributed by atoms with Crippen LogP contribution < -0.4 is 5.32 Å². The third-order valence-corrected chi connectivity index (χ3v) is 4.64. The Labute approximate surface area is 117 Å². The quantitative estimate of drug-likeness (QED) is 0.892. The normalized spacial score (nSPS) is 29.1. The fourth-order valence-electron chi connectivity index (χ4n) is 3.42. The molecule has 104 valence electrons. The maximum atomic E-state index is 3.75. The molecule has 2 heteroatoms. The molecule has 0 aromatic heterocycles. The molecule has 2 atom stereocenters. The molecule has 0 amide bonds. The van der Waals surface area contributed by atoms with Gasteiger partial charge in [-0.05, 0) is 50.8 Å². The lowest BCUT2D eigenvalue weighted by molar-refractivity contribution is 0.189. The number of nitrogens with zero attached hydrogens (tertiary/aromatic N) is 1. The largest absolute Gasteiger partial charge is 0.314 e. The van der Waals surface area contributed by atoms with Crippen LogP contribution in [0.2, 0.25) is 0 Å². The monoisotopic (exact) mass is 258 g/mol. The van der Waals surface area contributed by atoms with Crippen LogP contribution in [0.4, 0.5) is 0 Å². The minimum absolute atomic E-state index is 0.593. The van der Waals surface area contributed by atoms with Crippen molar-refractivity contribution in [3.8, 4) is 0 Å². The van der Waals surface area contributed by atoms with Crippen molar-refractivity contribution < 1.29 is 0 Å². The average Bonchev–Trinajstić information content (AvgIpc) is 3.25. The third kappa shape index (κ3) is 3.37. The van der Waals surface area contributed by atoms with Gasteiger partial charge < -0.3 is 5.32 Å². The Hall–Kier alpha value is -0.860. The summed E-state index contributed by atoms with van der Waals surface area (Å²) >= 11 is 0. The summed E-state index contributed by atoms with van der Waals surface area (Å²) in [5.74, 6) is 0.760. The molecule has 3 rings (SSSR count). The van der Waals surface area contributed by atoms with Gasteiger partial charge in [0.25, 0.3) is 0 Å². The standard InChI is InChI=1S/C17H26N2/c1-19-12-6-5-9-15(13-18-16-10-11-16)17(19)14-7-3-2-4-8-14/h2-4,7-8,15-18H,5-6,9-13H2,1H3. The first-order chi connectivity index (χ1) is 9.34. The molecule has 1 aliphatic heterocycles. The average molecular weight is 258 g/mol. The number of hydrogen-bond donors (Lipinski definition) is 1. The zero-order valence-electron chi connectivity index (χ0n) is 12.0. The number of benzene rings is 1. The van der Waals surface area contributed by atoms with E-state index in [-0.39, 0.29) is 0 Å². The molecule has 2 fully saturated rings. The van der Waals surface area contributed by atoms with Gasteiger partial charge in [0, 0.05) is 18.6 Å². The Morgan fingerprint density at radius 3 is 2.63 bits per heavy atom. The molecule has 1 N–H and O–H groups in total. The van der Waals surface area contributed by atoms with Crippen LogP contribution in [0.5, 0.6) is 0 Å². The maximum Gasteiger partial charge on any atom is 0.0385 e. The van der Waals surface area contributed by atoms with E-state index in [0.29, 0.717) is 6.04 Å². The fourth-order valence-corrected chi connectivity index (χ4v) is 3.42. The summed E-state index contributed by atoms with van der Waals surface area (Å²) in [6.45, 7) is 2.42. The van der Waals surface area contributed by atoms with Crippen LogP contribution in [0.1, 0.15) is 43.7 Å². The molecule has 1 aliphatic carbocycles. The Morgan fingerprint density at radius 1 is 1.11 bits per heavy atom. The summed E-state index contributed by atoms with van der Waals surface area (Å²) in [6, 6.07) is 12.5. The first-order valence-corrected chi connectivity index (χ1v) is 7.83. The van der Waals surface area contributed by atoms with E-state index >= 15 is 0 Å². The number of rotatable bonds is 4. The van der Waals surface area contributed by atoms with Crippen LogP contribution in [0.25, 0.3) is 0 Å². The Morgan fingerprint density at radius 2 is 1.89 bits per heavy atom. The molecule has 1 aromatic rings. The molecule has 1 saturated carbocycles. The van der Waals surface area contributed by atoms with Gasteiger partial charge in [0.15, 0.2) is 0 Å². The molecule has 19 heavy (non-hydrogen) atoms. The van der Waals surface area contributed by atoms with Gasteiger partial charge in [-0.2, -0.15) is 0 Å². The number of likely N-dealkylation sites (tertiary alicyclic amines) is 1. The van der Waals surface area contributed by atoms with Gasteiger partial charge in [-0.3, -0.25) is 4.90 Å². The van der Waals surface area contributed by atoms with Crippen LogP contribution >= 0.6 is 0 Å². The van der Waals surface area contributed by atoms with Gasteiger partial charge in [-0.1, -0.05) is 36.8 Å². The second-order valence-electron chi connectivity index (χ2n) is 6.27. The highest BCUT2D eigenvalue weighted by Crippen LogP contribution is 2.34. The summed E-state index contributed by atoms with van der Waals surface area (Å²) in [7, 11) is 2.30. The lowest BCUT2D eigenvalue weighted by atomic mass is 9.89. The first-order valence-electron chi connectivity index (χ1n) is 7.83. The summed E-state index contributed by atoms with van der Waals surface area (Å²) in [5.41, 5.74) is 1.49. The Bertz CT molecular complexity index is 386. The molecule has 2 unspecified atom stereocenters. The van der Waals surface area contributed by atoms with Crippen LogP contribution in [0.3, 0.4) is 0 Å². The highest BCUT2D eigenvalue weighted by Gasteiger charge is 2.30. The predicted molar refractivity (Wildman–Crippen MR) is 80.2 cm³/mol. The van der Waals surface area contributed by atoms with E-state index in [1.807, 2.05) is 0 Å². The van der Waals surface area contributed by atoms with E-state index in [4.69, 9.17) is 0 Å². The van der Waals surface area contributed by atoms with Gasteiger partial charge in [-0.15, -0.1) is 0 Å². The van der Waals surface area contributed by atoms with Crippen molar-refractivity contribution in [1.29, 1.82) is 0 Å². The molecule has 1 saturated heterocycles.